The van der Waals surface area contributed by atoms with Crippen LogP contribution in [-0.2, 0) is 0 Å². The van der Waals surface area contributed by atoms with Crippen molar-refractivity contribution in [3.05, 3.63) is 0 Å². The molecule has 19 heavy (non-hydrogen) atoms. The summed E-state index contributed by atoms with van der Waals surface area (Å²) >= 11 is 0. The van der Waals surface area contributed by atoms with Crippen LogP contribution in [0.2, 0.25) is 0 Å². The molecule has 5 atom stereocenters. The third-order valence-corrected chi connectivity index (χ3v) is 5.82. The van der Waals surface area contributed by atoms with Gasteiger partial charge in [0, 0.05) is 0 Å². The van der Waals surface area contributed by atoms with E-state index in [-0.39, 0.29) is 0 Å². The molecule has 0 aromatic heterocycles. The van der Waals surface area contributed by atoms with Gasteiger partial charge < -0.3 is 0 Å². The summed E-state index contributed by atoms with van der Waals surface area (Å²) in [6.07, 6.45) is 11.4. The molecule has 0 saturated carbocycles. The quantitative estimate of drug-likeness (QED) is 0.355. The van der Waals surface area contributed by atoms with Gasteiger partial charge in [-0.25, -0.2) is 0 Å². The maximum atomic E-state index is 2.47. The van der Waals surface area contributed by atoms with Crippen molar-refractivity contribution in [3.8, 4) is 0 Å². The molecule has 0 spiro atoms. The largest absolute Gasteiger partial charge is 0.125 e. The molecule has 5 unspecified atom stereocenters. The molecule has 0 bridgehead atoms. The average molecular weight is 286 g/mol. The first-order valence-electron chi connectivity index (χ1n) is 8.65. The lowest BCUT2D eigenvalue weighted by Gasteiger charge is -2.22. The average Bonchev–Trinajstić information content (AvgIpc) is 2.41. The summed E-state index contributed by atoms with van der Waals surface area (Å²) in [5.41, 5.74) is 0. The lowest BCUT2D eigenvalue weighted by Crippen LogP contribution is -2.10. The van der Waals surface area contributed by atoms with E-state index < -0.39 is 0 Å². The van der Waals surface area contributed by atoms with Crippen LogP contribution in [0.25, 0.3) is 0 Å². The normalized spacial score (nSPS) is 18.6. The minimum absolute atomic E-state index is 0.918. The summed E-state index contributed by atoms with van der Waals surface area (Å²) in [7, 11) is 1.14. The van der Waals surface area contributed by atoms with E-state index in [2.05, 4.69) is 41.3 Å². The van der Waals surface area contributed by atoms with Crippen molar-refractivity contribution in [2.45, 2.75) is 79.6 Å². The van der Waals surface area contributed by atoms with E-state index >= 15 is 0 Å². The van der Waals surface area contributed by atoms with Gasteiger partial charge in [-0.3, -0.25) is 0 Å². The molecule has 0 aliphatic carbocycles. The third-order valence-electron chi connectivity index (χ3n) is 5.03. The van der Waals surface area contributed by atoms with Gasteiger partial charge in [0.2, 0.25) is 0 Å². The summed E-state index contributed by atoms with van der Waals surface area (Å²) in [5.74, 6) is 3.71. The molecular weight excluding hydrogens is 247 g/mol. The lowest BCUT2D eigenvalue weighted by atomic mass is 9.84. The molecule has 0 fully saturated rings. The summed E-state index contributed by atoms with van der Waals surface area (Å²) in [6.45, 7) is 14.4. The van der Waals surface area contributed by atoms with Crippen LogP contribution in [0.4, 0.5) is 0 Å². The molecule has 0 heterocycles. The van der Waals surface area contributed by atoms with Gasteiger partial charge in [0.25, 0.3) is 0 Å². The van der Waals surface area contributed by atoms with E-state index in [9.17, 15) is 0 Å². The fourth-order valence-corrected chi connectivity index (χ4v) is 3.43. The van der Waals surface area contributed by atoms with Gasteiger partial charge in [-0.05, 0) is 42.9 Å². The second-order valence-electron chi connectivity index (χ2n) is 6.97. The second kappa shape index (κ2) is 12.2. The van der Waals surface area contributed by atoms with Crippen molar-refractivity contribution in [1.29, 1.82) is 0 Å². The van der Waals surface area contributed by atoms with E-state index in [0.717, 1.165) is 32.3 Å². The molecular formula is C18H39P. The van der Waals surface area contributed by atoms with Crippen molar-refractivity contribution < 1.29 is 0 Å². The Hall–Kier alpha value is 0.430. The van der Waals surface area contributed by atoms with Crippen LogP contribution >= 0.6 is 8.58 Å². The van der Waals surface area contributed by atoms with Crippen molar-refractivity contribution >= 4 is 8.58 Å². The molecule has 0 aromatic carbocycles. The van der Waals surface area contributed by atoms with E-state index in [1.807, 2.05) is 0 Å². The van der Waals surface area contributed by atoms with E-state index in [4.69, 9.17) is 0 Å². The first kappa shape index (κ1) is 19.4. The Morgan fingerprint density at radius 1 is 0.737 bits per heavy atom. The Labute approximate surface area is 125 Å². The monoisotopic (exact) mass is 286 g/mol. The van der Waals surface area contributed by atoms with Gasteiger partial charge in [0.1, 0.15) is 0 Å². The topological polar surface area (TPSA) is 0 Å². The summed E-state index contributed by atoms with van der Waals surface area (Å²) in [5, 5.41) is 0. The Bertz CT molecular complexity index is 190. The number of hydrogen-bond acceptors (Lipinski definition) is 0. The first-order valence-corrected chi connectivity index (χ1v) is 10.4. The molecule has 0 rings (SSSR count). The standard InChI is InChI=1S/C18H39P/c1-7-15(2)11-12-18(5)17(4)10-8-9-16(3)13-14-19-6/h15-19H,7-14H2,1-6H3. The SMILES string of the molecule is CCC(C)CCC(C)C(C)CCCC(C)CCPC. The predicted octanol–water partition coefficient (Wildman–Crippen LogP) is 6.59. The highest BCUT2D eigenvalue weighted by atomic mass is 31.1. The van der Waals surface area contributed by atoms with Gasteiger partial charge in [0.15, 0.2) is 0 Å². The van der Waals surface area contributed by atoms with E-state index in [1.54, 1.807) is 0 Å². The minimum Gasteiger partial charge on any atom is -0.125 e. The molecule has 0 N–H and O–H groups in total. The van der Waals surface area contributed by atoms with Crippen molar-refractivity contribution in [2.75, 3.05) is 12.8 Å². The molecule has 1 heteroatoms. The molecule has 0 aromatic rings. The van der Waals surface area contributed by atoms with Gasteiger partial charge in [-0.15, -0.1) is 8.58 Å². The van der Waals surface area contributed by atoms with Crippen LogP contribution < -0.4 is 0 Å². The summed E-state index contributed by atoms with van der Waals surface area (Å²) in [6, 6.07) is 0. The Morgan fingerprint density at radius 2 is 1.37 bits per heavy atom. The Balaban J connectivity index is 3.63. The molecule has 0 saturated heterocycles. The maximum absolute atomic E-state index is 2.47. The van der Waals surface area contributed by atoms with Crippen LogP contribution in [0.3, 0.4) is 0 Å². The van der Waals surface area contributed by atoms with Gasteiger partial charge in [-0.2, -0.15) is 0 Å². The van der Waals surface area contributed by atoms with E-state index in [0.29, 0.717) is 0 Å². The lowest BCUT2D eigenvalue weighted by molar-refractivity contribution is 0.300. The fourth-order valence-electron chi connectivity index (χ4n) is 2.64. The van der Waals surface area contributed by atoms with Gasteiger partial charge in [-0.1, -0.05) is 73.1 Å². The smallest absolute Gasteiger partial charge is 0.0353 e. The Morgan fingerprint density at radius 3 is 1.95 bits per heavy atom. The van der Waals surface area contributed by atoms with Crippen molar-refractivity contribution in [1.82, 2.24) is 0 Å². The molecule has 0 aliphatic rings. The van der Waals surface area contributed by atoms with Crippen LogP contribution in [0.15, 0.2) is 0 Å². The van der Waals surface area contributed by atoms with Crippen LogP contribution in [-0.4, -0.2) is 12.8 Å². The van der Waals surface area contributed by atoms with Crippen molar-refractivity contribution in [3.63, 3.8) is 0 Å². The highest BCUT2D eigenvalue weighted by molar-refractivity contribution is 7.36. The fraction of sp³-hybridized carbons (Fsp3) is 1.00. The third kappa shape index (κ3) is 10.8. The van der Waals surface area contributed by atoms with Crippen LogP contribution in [0.5, 0.6) is 0 Å². The Kier molecular flexibility index (Phi) is 12.5. The number of rotatable bonds is 12. The highest BCUT2D eigenvalue weighted by Gasteiger charge is 2.13. The maximum Gasteiger partial charge on any atom is -0.0353 e. The summed E-state index contributed by atoms with van der Waals surface area (Å²) < 4.78 is 0. The highest BCUT2D eigenvalue weighted by Crippen LogP contribution is 2.26. The predicted molar refractivity (Wildman–Crippen MR) is 93.8 cm³/mol. The zero-order valence-electron chi connectivity index (χ0n) is 14.5. The van der Waals surface area contributed by atoms with E-state index in [1.165, 1.54) is 51.1 Å². The van der Waals surface area contributed by atoms with Crippen molar-refractivity contribution in [2.24, 2.45) is 23.7 Å². The van der Waals surface area contributed by atoms with Gasteiger partial charge >= 0.3 is 0 Å². The first-order chi connectivity index (χ1) is 9.01. The second-order valence-corrected chi connectivity index (χ2v) is 8.18. The van der Waals surface area contributed by atoms with Crippen LogP contribution in [0.1, 0.15) is 79.6 Å². The molecule has 0 aliphatic heterocycles. The van der Waals surface area contributed by atoms with Crippen LogP contribution in [0, 0.1) is 23.7 Å². The number of hydrogen-bond donors (Lipinski definition) is 0. The zero-order chi connectivity index (χ0) is 14.7. The molecule has 0 radical (unpaired) electrons. The minimum atomic E-state index is 0.918. The molecule has 116 valence electrons. The van der Waals surface area contributed by atoms with Gasteiger partial charge in [0.05, 0.1) is 0 Å². The zero-order valence-corrected chi connectivity index (χ0v) is 15.5. The molecule has 0 amide bonds. The summed E-state index contributed by atoms with van der Waals surface area (Å²) in [4.78, 5) is 0. The molecule has 0 nitrogen and oxygen atoms in total.